The molecule has 0 radical (unpaired) electrons. The quantitative estimate of drug-likeness (QED) is 0.894. The first-order valence-electron chi connectivity index (χ1n) is 6.74. The van der Waals surface area contributed by atoms with Gasteiger partial charge in [-0.25, -0.2) is 8.78 Å². The lowest BCUT2D eigenvalue weighted by molar-refractivity contribution is 0.421. The van der Waals surface area contributed by atoms with Gasteiger partial charge in [0.2, 0.25) is 0 Å². The molecule has 1 nitrogen and oxygen atoms in total. The van der Waals surface area contributed by atoms with E-state index in [4.69, 9.17) is 5.73 Å². The summed E-state index contributed by atoms with van der Waals surface area (Å²) < 4.78 is 26.6. The molecule has 0 amide bonds. The Kier molecular flexibility index (Phi) is 4.19. The van der Waals surface area contributed by atoms with E-state index in [1.54, 1.807) is 12.1 Å². The molecular weight excluding hydrogens is 256 g/mol. The first-order valence-corrected chi connectivity index (χ1v) is 6.74. The summed E-state index contributed by atoms with van der Waals surface area (Å²) in [6, 6.07) is 11.1. The largest absolute Gasteiger partial charge is 0.321 e. The Morgan fingerprint density at radius 3 is 2.35 bits per heavy atom. The van der Waals surface area contributed by atoms with Crippen LogP contribution in [0, 0.1) is 18.6 Å². The van der Waals surface area contributed by atoms with Crippen molar-refractivity contribution in [1.82, 2.24) is 0 Å². The third kappa shape index (κ3) is 3.05. The van der Waals surface area contributed by atoms with Crippen LogP contribution in [0.3, 0.4) is 0 Å². The Morgan fingerprint density at radius 1 is 1.05 bits per heavy atom. The summed E-state index contributed by atoms with van der Waals surface area (Å²) in [5.74, 6) is -0.544. The molecule has 0 aliphatic carbocycles. The SMILES string of the molecule is CCC(N)(Cc1ccc(F)cc1C)c1cccc(F)c1. The third-order valence-electron chi connectivity index (χ3n) is 3.84. The van der Waals surface area contributed by atoms with Crippen molar-refractivity contribution in [3.8, 4) is 0 Å². The highest BCUT2D eigenvalue weighted by molar-refractivity contribution is 5.33. The summed E-state index contributed by atoms with van der Waals surface area (Å²) in [5, 5.41) is 0. The van der Waals surface area contributed by atoms with Crippen molar-refractivity contribution in [2.45, 2.75) is 32.2 Å². The molecule has 2 aromatic rings. The van der Waals surface area contributed by atoms with Crippen LogP contribution in [0.2, 0.25) is 0 Å². The van der Waals surface area contributed by atoms with Crippen molar-refractivity contribution in [2.75, 3.05) is 0 Å². The molecule has 2 rings (SSSR count). The summed E-state index contributed by atoms with van der Waals surface area (Å²) in [6.07, 6.45) is 1.23. The minimum atomic E-state index is -0.648. The van der Waals surface area contributed by atoms with Crippen LogP contribution in [0.15, 0.2) is 42.5 Å². The lowest BCUT2D eigenvalue weighted by Crippen LogP contribution is -2.38. The van der Waals surface area contributed by atoms with E-state index >= 15 is 0 Å². The second kappa shape index (κ2) is 5.71. The summed E-state index contributed by atoms with van der Waals surface area (Å²) in [7, 11) is 0. The molecule has 20 heavy (non-hydrogen) atoms. The Labute approximate surface area is 118 Å². The predicted molar refractivity (Wildman–Crippen MR) is 77.4 cm³/mol. The van der Waals surface area contributed by atoms with E-state index in [-0.39, 0.29) is 11.6 Å². The molecule has 2 N–H and O–H groups in total. The van der Waals surface area contributed by atoms with E-state index in [1.807, 2.05) is 19.9 Å². The number of aryl methyl sites for hydroxylation is 1. The van der Waals surface area contributed by atoms with Crippen molar-refractivity contribution in [1.29, 1.82) is 0 Å². The van der Waals surface area contributed by atoms with Gasteiger partial charge < -0.3 is 5.73 Å². The number of hydrogen-bond acceptors (Lipinski definition) is 1. The number of halogens is 2. The predicted octanol–water partition coefficient (Wildman–Crippen LogP) is 4.08. The lowest BCUT2D eigenvalue weighted by atomic mass is 9.81. The van der Waals surface area contributed by atoms with Crippen molar-refractivity contribution in [2.24, 2.45) is 5.73 Å². The molecule has 3 heteroatoms. The van der Waals surface area contributed by atoms with E-state index in [1.165, 1.54) is 24.3 Å². The Morgan fingerprint density at radius 2 is 1.75 bits per heavy atom. The highest BCUT2D eigenvalue weighted by Gasteiger charge is 2.26. The second-order valence-corrected chi connectivity index (χ2v) is 5.27. The van der Waals surface area contributed by atoms with Crippen LogP contribution in [-0.4, -0.2) is 0 Å². The molecule has 106 valence electrons. The van der Waals surface area contributed by atoms with E-state index < -0.39 is 5.54 Å². The molecule has 1 unspecified atom stereocenters. The number of rotatable bonds is 4. The van der Waals surface area contributed by atoms with Gasteiger partial charge in [-0.2, -0.15) is 0 Å². The number of hydrogen-bond donors (Lipinski definition) is 1. The first kappa shape index (κ1) is 14.7. The van der Waals surface area contributed by atoms with E-state index in [0.29, 0.717) is 12.8 Å². The van der Waals surface area contributed by atoms with Crippen LogP contribution < -0.4 is 5.73 Å². The maximum atomic E-state index is 13.4. The Bertz CT molecular complexity index is 610. The van der Waals surface area contributed by atoms with Crippen LogP contribution >= 0.6 is 0 Å². The van der Waals surface area contributed by atoms with Crippen LogP contribution in [0.1, 0.15) is 30.0 Å². The maximum absolute atomic E-state index is 13.4. The average Bonchev–Trinajstić information content (AvgIpc) is 2.42. The molecule has 0 saturated carbocycles. The van der Waals surface area contributed by atoms with E-state index in [2.05, 4.69) is 0 Å². The van der Waals surface area contributed by atoms with Gasteiger partial charge in [0, 0.05) is 5.54 Å². The van der Waals surface area contributed by atoms with Gasteiger partial charge in [0.15, 0.2) is 0 Å². The second-order valence-electron chi connectivity index (χ2n) is 5.27. The molecule has 0 heterocycles. The smallest absolute Gasteiger partial charge is 0.123 e. The first-order chi connectivity index (χ1) is 9.44. The van der Waals surface area contributed by atoms with Crippen molar-refractivity contribution >= 4 is 0 Å². The van der Waals surface area contributed by atoms with Crippen LogP contribution in [0.4, 0.5) is 8.78 Å². The minimum absolute atomic E-state index is 0.254. The molecule has 0 aliphatic rings. The highest BCUT2D eigenvalue weighted by Crippen LogP contribution is 2.28. The monoisotopic (exact) mass is 275 g/mol. The Hall–Kier alpha value is -1.74. The molecular formula is C17H19F2N. The zero-order valence-electron chi connectivity index (χ0n) is 11.8. The summed E-state index contributed by atoms with van der Waals surface area (Å²) >= 11 is 0. The Balaban J connectivity index is 2.36. The van der Waals surface area contributed by atoms with Crippen molar-refractivity contribution < 1.29 is 8.78 Å². The molecule has 0 saturated heterocycles. The topological polar surface area (TPSA) is 26.0 Å². The summed E-state index contributed by atoms with van der Waals surface area (Å²) in [5.41, 5.74) is 8.44. The zero-order valence-corrected chi connectivity index (χ0v) is 11.8. The average molecular weight is 275 g/mol. The number of nitrogens with two attached hydrogens (primary N) is 1. The molecule has 0 aromatic heterocycles. The van der Waals surface area contributed by atoms with E-state index in [9.17, 15) is 8.78 Å². The van der Waals surface area contributed by atoms with Gasteiger partial charge in [-0.05, 0) is 60.7 Å². The summed E-state index contributed by atoms with van der Waals surface area (Å²) in [6.45, 7) is 3.84. The van der Waals surface area contributed by atoms with E-state index in [0.717, 1.165) is 16.7 Å². The fraction of sp³-hybridized carbons (Fsp3) is 0.294. The van der Waals surface area contributed by atoms with Gasteiger partial charge in [0.05, 0.1) is 0 Å². The fourth-order valence-corrected chi connectivity index (χ4v) is 2.43. The van der Waals surface area contributed by atoms with Gasteiger partial charge >= 0.3 is 0 Å². The molecule has 0 fully saturated rings. The minimum Gasteiger partial charge on any atom is -0.321 e. The molecule has 0 aliphatic heterocycles. The van der Waals surface area contributed by atoms with Gasteiger partial charge in [0.1, 0.15) is 11.6 Å². The standard InChI is InChI=1S/C17H19F2N/c1-3-17(20,14-5-4-6-15(18)10-14)11-13-7-8-16(19)9-12(13)2/h4-10H,3,11,20H2,1-2H3. The van der Waals surface area contributed by atoms with Crippen LogP contribution in [0.5, 0.6) is 0 Å². The summed E-state index contributed by atoms with van der Waals surface area (Å²) in [4.78, 5) is 0. The van der Waals surface area contributed by atoms with Gasteiger partial charge in [-0.15, -0.1) is 0 Å². The molecule has 0 spiro atoms. The zero-order chi connectivity index (χ0) is 14.8. The molecule has 2 aromatic carbocycles. The highest BCUT2D eigenvalue weighted by atomic mass is 19.1. The number of benzene rings is 2. The molecule has 0 bridgehead atoms. The lowest BCUT2D eigenvalue weighted by Gasteiger charge is -2.29. The van der Waals surface area contributed by atoms with Gasteiger partial charge in [0.25, 0.3) is 0 Å². The van der Waals surface area contributed by atoms with Crippen LogP contribution in [0.25, 0.3) is 0 Å². The van der Waals surface area contributed by atoms with Crippen molar-refractivity contribution in [3.63, 3.8) is 0 Å². The molecule has 1 atom stereocenters. The maximum Gasteiger partial charge on any atom is 0.123 e. The fourth-order valence-electron chi connectivity index (χ4n) is 2.43. The third-order valence-corrected chi connectivity index (χ3v) is 3.84. The van der Waals surface area contributed by atoms with Crippen molar-refractivity contribution in [3.05, 3.63) is 70.8 Å². The normalized spacial score (nSPS) is 14.1. The van der Waals surface area contributed by atoms with Gasteiger partial charge in [-0.3, -0.25) is 0 Å². The van der Waals surface area contributed by atoms with Gasteiger partial charge in [-0.1, -0.05) is 25.1 Å². The van der Waals surface area contributed by atoms with Crippen LogP contribution in [-0.2, 0) is 12.0 Å².